The van der Waals surface area contributed by atoms with E-state index in [2.05, 4.69) is 163 Å². The quantitative estimate of drug-likeness (QED) is 0.147. The highest BCUT2D eigenvalue weighted by Crippen LogP contribution is 2.38. The van der Waals surface area contributed by atoms with Crippen molar-refractivity contribution in [3.05, 3.63) is 194 Å². The zero-order valence-corrected chi connectivity index (χ0v) is 33.2. The molecule has 0 spiro atoms. The molecule has 0 bridgehead atoms. The summed E-state index contributed by atoms with van der Waals surface area (Å²) in [5.41, 5.74) is 13.8. The predicted octanol–water partition coefficient (Wildman–Crippen LogP) is 14.5. The van der Waals surface area contributed by atoms with Gasteiger partial charge in [-0.15, -0.1) is 0 Å². The molecule has 60 heavy (non-hydrogen) atoms. The largest absolute Gasteiger partial charge is 0.456 e. The first-order valence-electron chi connectivity index (χ1n) is 20.7. The van der Waals surface area contributed by atoms with Crippen molar-refractivity contribution in [1.82, 2.24) is 19.5 Å². The first kappa shape index (κ1) is 35.5. The molecule has 3 aromatic heterocycles. The van der Waals surface area contributed by atoms with Gasteiger partial charge in [0.2, 0.25) is 0 Å². The summed E-state index contributed by atoms with van der Waals surface area (Å²) in [6, 6.07) is 66.2. The summed E-state index contributed by atoms with van der Waals surface area (Å²) in [7, 11) is 0. The molecule has 0 aliphatic carbocycles. The molecule has 0 atom stereocenters. The maximum atomic E-state index is 6.49. The van der Waals surface area contributed by atoms with E-state index < -0.39 is 0 Å². The van der Waals surface area contributed by atoms with E-state index in [0.29, 0.717) is 17.5 Å². The minimum absolute atomic E-state index is 0.617. The van der Waals surface area contributed by atoms with Gasteiger partial charge in [-0.3, -0.25) is 0 Å². The van der Waals surface area contributed by atoms with Crippen molar-refractivity contribution in [2.45, 2.75) is 26.2 Å². The maximum absolute atomic E-state index is 6.49. The number of aryl methyl sites for hydroxylation is 1. The topological polar surface area (TPSA) is 56.7 Å². The van der Waals surface area contributed by atoms with Crippen molar-refractivity contribution in [1.29, 1.82) is 0 Å². The van der Waals surface area contributed by atoms with Gasteiger partial charge in [-0.05, 0) is 83.1 Å². The third kappa shape index (κ3) is 6.41. The van der Waals surface area contributed by atoms with Gasteiger partial charge in [-0.25, -0.2) is 15.0 Å². The second kappa shape index (κ2) is 14.9. The van der Waals surface area contributed by atoms with Crippen LogP contribution in [0.5, 0.6) is 0 Å². The molecular weight excluding hydrogens is 733 g/mol. The smallest absolute Gasteiger partial charge is 0.164 e. The number of para-hydroxylation sites is 1. The van der Waals surface area contributed by atoms with Gasteiger partial charge in [-0.2, -0.15) is 0 Å². The molecule has 0 amide bonds. The van der Waals surface area contributed by atoms with Gasteiger partial charge in [-0.1, -0.05) is 159 Å². The third-order valence-corrected chi connectivity index (χ3v) is 11.6. The maximum Gasteiger partial charge on any atom is 0.164 e. The Balaban J connectivity index is 1.02. The number of hydrogen-bond acceptors (Lipinski definition) is 4. The Morgan fingerprint density at radius 1 is 0.400 bits per heavy atom. The van der Waals surface area contributed by atoms with E-state index in [1.807, 2.05) is 36.4 Å². The van der Waals surface area contributed by atoms with Crippen LogP contribution >= 0.6 is 0 Å². The van der Waals surface area contributed by atoms with Crippen molar-refractivity contribution in [3.63, 3.8) is 0 Å². The van der Waals surface area contributed by atoms with Crippen LogP contribution in [0.15, 0.2) is 192 Å². The first-order valence-corrected chi connectivity index (χ1v) is 20.7. The van der Waals surface area contributed by atoms with Crippen molar-refractivity contribution in [2.24, 2.45) is 0 Å². The summed E-state index contributed by atoms with van der Waals surface area (Å²) in [6.07, 6.45) is 3.43. The molecule has 0 saturated carbocycles. The van der Waals surface area contributed by atoms with Gasteiger partial charge >= 0.3 is 0 Å². The van der Waals surface area contributed by atoms with Gasteiger partial charge in [0, 0.05) is 43.9 Å². The molecule has 3 heterocycles. The Kier molecular flexibility index (Phi) is 8.85. The summed E-state index contributed by atoms with van der Waals surface area (Å²) in [4.78, 5) is 15.2. The molecule has 286 valence electrons. The molecule has 11 rings (SSSR count). The number of unbranched alkanes of at least 4 members (excludes halogenated alkanes) is 1. The van der Waals surface area contributed by atoms with Crippen LogP contribution in [-0.2, 0) is 6.42 Å². The number of hydrogen-bond donors (Lipinski definition) is 0. The number of fused-ring (bicyclic) bond motifs is 6. The van der Waals surface area contributed by atoms with Gasteiger partial charge in [0.25, 0.3) is 0 Å². The monoisotopic (exact) mass is 772 g/mol. The Morgan fingerprint density at radius 2 is 0.933 bits per heavy atom. The lowest BCUT2D eigenvalue weighted by Crippen LogP contribution is -2.01. The van der Waals surface area contributed by atoms with Gasteiger partial charge < -0.3 is 8.98 Å². The molecule has 0 aliphatic heterocycles. The molecular formula is C55H40N4O. The summed E-state index contributed by atoms with van der Waals surface area (Å²) in [5.74, 6) is 1.88. The zero-order chi connectivity index (χ0) is 40.0. The molecule has 8 aromatic carbocycles. The van der Waals surface area contributed by atoms with E-state index in [1.165, 1.54) is 34.7 Å². The minimum atomic E-state index is 0.617. The highest BCUT2D eigenvalue weighted by atomic mass is 16.3. The van der Waals surface area contributed by atoms with Gasteiger partial charge in [0.15, 0.2) is 17.5 Å². The molecule has 0 unspecified atom stereocenters. The molecule has 5 nitrogen and oxygen atoms in total. The van der Waals surface area contributed by atoms with Crippen molar-refractivity contribution in [3.8, 4) is 62.1 Å². The van der Waals surface area contributed by atoms with Gasteiger partial charge in [0.1, 0.15) is 11.2 Å². The Labute approximate surface area is 348 Å². The average molecular weight is 773 g/mol. The van der Waals surface area contributed by atoms with E-state index in [4.69, 9.17) is 19.4 Å². The standard InChI is InChI=1S/C55H40N4O/c1-2-3-13-36-22-29-47-48-31-28-42(35-52(48)60-51(47)32-36)41-27-30-46-45-20-10-11-21-49(45)59(50(46)34-41)44-19-12-18-43(33-44)55-57-53(39-16-8-5-9-17-39)56-54(58-55)40-25-23-38(24-26-40)37-14-6-4-7-15-37/h4-12,14-35H,2-3,13H2,1H3. The summed E-state index contributed by atoms with van der Waals surface area (Å²) in [5, 5.41) is 4.69. The van der Waals surface area contributed by atoms with Crippen LogP contribution in [-0.4, -0.2) is 19.5 Å². The minimum Gasteiger partial charge on any atom is -0.456 e. The van der Waals surface area contributed by atoms with Crippen LogP contribution in [0.4, 0.5) is 0 Å². The second-order valence-corrected chi connectivity index (χ2v) is 15.5. The fourth-order valence-electron chi connectivity index (χ4n) is 8.54. The first-order chi connectivity index (χ1) is 29.7. The number of aromatic nitrogens is 4. The highest BCUT2D eigenvalue weighted by Gasteiger charge is 2.17. The average Bonchev–Trinajstić information content (AvgIpc) is 3.86. The van der Waals surface area contributed by atoms with Gasteiger partial charge in [0.05, 0.1) is 11.0 Å². The fraction of sp³-hybridized carbons (Fsp3) is 0.0727. The van der Waals surface area contributed by atoms with E-state index in [1.54, 1.807) is 0 Å². The normalized spacial score (nSPS) is 11.6. The summed E-state index contributed by atoms with van der Waals surface area (Å²) in [6.45, 7) is 2.23. The van der Waals surface area contributed by atoms with E-state index in [9.17, 15) is 0 Å². The predicted molar refractivity (Wildman–Crippen MR) is 247 cm³/mol. The number of nitrogens with zero attached hydrogens (tertiary/aromatic N) is 4. The molecule has 0 radical (unpaired) electrons. The second-order valence-electron chi connectivity index (χ2n) is 15.5. The lowest BCUT2D eigenvalue weighted by Gasteiger charge is -2.12. The van der Waals surface area contributed by atoms with Crippen LogP contribution in [0.2, 0.25) is 0 Å². The van der Waals surface area contributed by atoms with Crippen molar-refractivity contribution < 1.29 is 4.42 Å². The summed E-state index contributed by atoms with van der Waals surface area (Å²) >= 11 is 0. The Bertz CT molecular complexity index is 3350. The van der Waals surface area contributed by atoms with Crippen LogP contribution in [0, 0.1) is 0 Å². The van der Waals surface area contributed by atoms with Crippen molar-refractivity contribution in [2.75, 3.05) is 0 Å². The molecule has 0 aliphatic rings. The molecule has 5 heteroatoms. The number of furan rings is 1. The Morgan fingerprint density at radius 3 is 1.68 bits per heavy atom. The summed E-state index contributed by atoms with van der Waals surface area (Å²) < 4.78 is 8.85. The fourth-order valence-corrected chi connectivity index (χ4v) is 8.54. The highest BCUT2D eigenvalue weighted by molar-refractivity contribution is 6.11. The zero-order valence-electron chi connectivity index (χ0n) is 33.2. The van der Waals surface area contributed by atoms with E-state index >= 15 is 0 Å². The van der Waals surface area contributed by atoms with Crippen LogP contribution in [0.1, 0.15) is 25.3 Å². The van der Waals surface area contributed by atoms with Crippen LogP contribution in [0.3, 0.4) is 0 Å². The molecule has 0 saturated heterocycles. The Hall–Kier alpha value is -7.63. The lowest BCUT2D eigenvalue weighted by atomic mass is 10.0. The van der Waals surface area contributed by atoms with Crippen LogP contribution in [0.25, 0.3) is 106 Å². The molecule has 11 aromatic rings. The number of benzene rings is 8. The molecule has 0 N–H and O–H groups in total. The lowest BCUT2D eigenvalue weighted by molar-refractivity contribution is 0.667. The van der Waals surface area contributed by atoms with Crippen molar-refractivity contribution >= 4 is 43.7 Å². The number of rotatable bonds is 9. The van der Waals surface area contributed by atoms with Crippen LogP contribution < -0.4 is 0 Å². The SMILES string of the molecule is CCCCc1ccc2c(c1)oc1cc(-c3ccc4c5ccccc5n(-c5cccc(-c6nc(-c7ccccc7)nc(-c7ccc(-c8ccccc8)cc7)n6)c5)c4c3)ccc12. The third-order valence-electron chi connectivity index (χ3n) is 11.6. The van der Waals surface area contributed by atoms with E-state index in [0.717, 1.165) is 78.5 Å². The molecule has 0 fully saturated rings. The van der Waals surface area contributed by atoms with E-state index in [-0.39, 0.29) is 0 Å².